The fourth-order valence-corrected chi connectivity index (χ4v) is 3.05. The maximum absolute atomic E-state index is 11.0. The zero-order valence-electron chi connectivity index (χ0n) is 6.99. The van der Waals surface area contributed by atoms with Crippen molar-refractivity contribution in [2.45, 2.75) is 25.0 Å². The Bertz CT molecular complexity index is 237. The molecule has 1 saturated heterocycles. The summed E-state index contributed by atoms with van der Waals surface area (Å²) >= 11 is 0. The van der Waals surface area contributed by atoms with E-state index in [2.05, 4.69) is 0 Å². The van der Waals surface area contributed by atoms with Crippen molar-refractivity contribution in [2.75, 3.05) is 13.2 Å². The van der Waals surface area contributed by atoms with Crippen LogP contribution in [-0.2, 0) is 13.8 Å². The molecule has 0 aliphatic carbocycles. The van der Waals surface area contributed by atoms with Crippen molar-refractivity contribution >= 4 is 19.7 Å². The number of hydrogen-bond donors (Lipinski definition) is 0. The van der Waals surface area contributed by atoms with Gasteiger partial charge in [0.2, 0.25) is 9.05 Å². The quantitative estimate of drug-likeness (QED) is 0.664. The van der Waals surface area contributed by atoms with Gasteiger partial charge in [-0.05, 0) is 6.42 Å². The largest absolute Gasteiger partial charge is 0.380 e. The first-order valence-electron chi connectivity index (χ1n) is 4.07. The van der Waals surface area contributed by atoms with E-state index >= 15 is 0 Å². The molecular formula is C7H13ClO3S. The van der Waals surface area contributed by atoms with E-state index in [0.29, 0.717) is 6.61 Å². The van der Waals surface area contributed by atoms with Gasteiger partial charge in [0.25, 0.3) is 0 Å². The Morgan fingerprint density at radius 3 is 2.67 bits per heavy atom. The van der Waals surface area contributed by atoms with Gasteiger partial charge in [-0.25, -0.2) is 8.42 Å². The van der Waals surface area contributed by atoms with Gasteiger partial charge in [0.05, 0.1) is 13.2 Å². The third-order valence-electron chi connectivity index (χ3n) is 2.16. The van der Waals surface area contributed by atoms with Crippen LogP contribution >= 0.6 is 10.7 Å². The molecule has 0 aromatic heterocycles. The molecule has 1 heterocycles. The van der Waals surface area contributed by atoms with Crippen LogP contribution in [0.2, 0.25) is 0 Å². The summed E-state index contributed by atoms with van der Waals surface area (Å²) in [5, 5.41) is -0.487. The lowest BCUT2D eigenvalue weighted by Gasteiger charge is -2.12. The van der Waals surface area contributed by atoms with Gasteiger partial charge in [-0.2, -0.15) is 0 Å². The molecule has 5 heteroatoms. The van der Waals surface area contributed by atoms with Gasteiger partial charge in [0.15, 0.2) is 0 Å². The highest BCUT2D eigenvalue weighted by Gasteiger charge is 2.36. The lowest BCUT2D eigenvalue weighted by Crippen LogP contribution is -2.24. The molecule has 72 valence electrons. The summed E-state index contributed by atoms with van der Waals surface area (Å²) in [7, 11) is 1.84. The molecule has 0 aromatic rings. The van der Waals surface area contributed by atoms with E-state index in [-0.39, 0.29) is 12.5 Å². The highest BCUT2D eigenvalue weighted by Crippen LogP contribution is 2.26. The Hall–Kier alpha value is 0.200. The van der Waals surface area contributed by atoms with E-state index in [0.717, 1.165) is 12.8 Å². The van der Waals surface area contributed by atoms with Gasteiger partial charge >= 0.3 is 0 Å². The Kier molecular flexibility index (Phi) is 3.37. The van der Waals surface area contributed by atoms with E-state index in [4.69, 9.17) is 15.4 Å². The first kappa shape index (κ1) is 10.3. The standard InChI is InChI=1S/C7H13ClO3S/c1-2-3-6-4-11-5-7(6)12(8,9)10/h6-7H,2-5H2,1H3. The first-order valence-corrected chi connectivity index (χ1v) is 6.44. The Labute approximate surface area is 77.5 Å². The van der Waals surface area contributed by atoms with Crippen LogP contribution in [0.4, 0.5) is 0 Å². The number of hydrogen-bond acceptors (Lipinski definition) is 3. The molecule has 0 spiro atoms. The summed E-state index contributed by atoms with van der Waals surface area (Å²) in [4.78, 5) is 0. The molecule has 1 aliphatic heterocycles. The molecule has 12 heavy (non-hydrogen) atoms. The molecule has 2 atom stereocenters. The minimum atomic E-state index is -3.43. The summed E-state index contributed by atoms with van der Waals surface area (Å²) in [6.07, 6.45) is 1.84. The predicted molar refractivity (Wildman–Crippen MR) is 47.8 cm³/mol. The normalized spacial score (nSPS) is 30.8. The zero-order valence-corrected chi connectivity index (χ0v) is 8.57. The second-order valence-corrected chi connectivity index (χ2v) is 5.95. The highest BCUT2D eigenvalue weighted by molar-refractivity contribution is 8.14. The molecule has 0 bridgehead atoms. The van der Waals surface area contributed by atoms with Crippen molar-refractivity contribution in [3.63, 3.8) is 0 Å². The smallest absolute Gasteiger partial charge is 0.238 e. The van der Waals surface area contributed by atoms with E-state index in [9.17, 15) is 8.42 Å². The van der Waals surface area contributed by atoms with Gasteiger partial charge < -0.3 is 4.74 Å². The molecule has 0 radical (unpaired) electrons. The fraction of sp³-hybridized carbons (Fsp3) is 1.00. The average molecular weight is 213 g/mol. The van der Waals surface area contributed by atoms with Crippen molar-refractivity contribution in [1.29, 1.82) is 0 Å². The van der Waals surface area contributed by atoms with Crippen LogP contribution in [0.25, 0.3) is 0 Å². The second kappa shape index (κ2) is 3.94. The van der Waals surface area contributed by atoms with E-state index in [1.165, 1.54) is 0 Å². The summed E-state index contributed by atoms with van der Waals surface area (Å²) in [6.45, 7) is 2.82. The molecular weight excluding hydrogens is 200 g/mol. The number of ether oxygens (including phenoxy) is 1. The molecule has 1 fully saturated rings. The van der Waals surface area contributed by atoms with Crippen molar-refractivity contribution < 1.29 is 13.2 Å². The lowest BCUT2D eigenvalue weighted by molar-refractivity contribution is 0.184. The van der Waals surface area contributed by atoms with E-state index < -0.39 is 14.3 Å². The number of rotatable bonds is 3. The molecule has 0 saturated carbocycles. The molecule has 0 N–H and O–H groups in total. The van der Waals surface area contributed by atoms with Crippen LogP contribution in [-0.4, -0.2) is 26.9 Å². The van der Waals surface area contributed by atoms with Crippen LogP contribution in [0, 0.1) is 5.92 Å². The second-order valence-electron chi connectivity index (χ2n) is 3.10. The van der Waals surface area contributed by atoms with Crippen LogP contribution < -0.4 is 0 Å². The summed E-state index contributed by atoms with van der Waals surface area (Å²) < 4.78 is 27.1. The van der Waals surface area contributed by atoms with Gasteiger partial charge in [-0.3, -0.25) is 0 Å². The summed E-state index contributed by atoms with van der Waals surface area (Å²) in [6, 6.07) is 0. The van der Waals surface area contributed by atoms with Crippen LogP contribution in [0.15, 0.2) is 0 Å². The molecule has 0 amide bonds. The molecule has 3 nitrogen and oxygen atoms in total. The van der Waals surface area contributed by atoms with Crippen molar-refractivity contribution in [1.82, 2.24) is 0 Å². The molecule has 1 rings (SSSR count). The van der Waals surface area contributed by atoms with Crippen LogP contribution in [0.3, 0.4) is 0 Å². The average Bonchev–Trinajstić information content (AvgIpc) is 2.34. The fourth-order valence-electron chi connectivity index (χ4n) is 1.53. The van der Waals surface area contributed by atoms with Crippen molar-refractivity contribution in [3.8, 4) is 0 Å². The van der Waals surface area contributed by atoms with E-state index in [1.807, 2.05) is 6.92 Å². The third-order valence-corrected chi connectivity index (χ3v) is 4.09. The van der Waals surface area contributed by atoms with Gasteiger partial charge in [0.1, 0.15) is 5.25 Å². The minimum Gasteiger partial charge on any atom is -0.380 e. The number of halogens is 1. The van der Waals surface area contributed by atoms with Gasteiger partial charge in [-0.15, -0.1) is 0 Å². The zero-order chi connectivity index (χ0) is 9.19. The lowest BCUT2D eigenvalue weighted by atomic mass is 10.0. The summed E-state index contributed by atoms with van der Waals surface area (Å²) in [5.41, 5.74) is 0. The van der Waals surface area contributed by atoms with Gasteiger partial charge in [0, 0.05) is 16.6 Å². The maximum Gasteiger partial charge on any atom is 0.238 e. The molecule has 2 unspecified atom stereocenters. The Morgan fingerprint density at radius 2 is 2.17 bits per heavy atom. The predicted octanol–water partition coefficient (Wildman–Crippen LogP) is 1.37. The Balaban J connectivity index is 2.64. The maximum atomic E-state index is 11.0. The van der Waals surface area contributed by atoms with Crippen molar-refractivity contribution in [2.24, 2.45) is 5.92 Å². The van der Waals surface area contributed by atoms with Crippen LogP contribution in [0.5, 0.6) is 0 Å². The Morgan fingerprint density at radius 1 is 1.50 bits per heavy atom. The monoisotopic (exact) mass is 212 g/mol. The van der Waals surface area contributed by atoms with Crippen LogP contribution in [0.1, 0.15) is 19.8 Å². The summed E-state index contributed by atoms with van der Waals surface area (Å²) in [5.74, 6) is 0.0949. The highest BCUT2D eigenvalue weighted by atomic mass is 35.7. The molecule has 0 aromatic carbocycles. The molecule has 1 aliphatic rings. The van der Waals surface area contributed by atoms with Crippen molar-refractivity contribution in [3.05, 3.63) is 0 Å². The SMILES string of the molecule is CCCC1COCC1S(=O)(=O)Cl. The topological polar surface area (TPSA) is 43.4 Å². The first-order chi connectivity index (χ1) is 5.55. The van der Waals surface area contributed by atoms with Gasteiger partial charge in [-0.1, -0.05) is 13.3 Å². The minimum absolute atomic E-state index is 0.0949. The third kappa shape index (κ3) is 2.34. The van der Waals surface area contributed by atoms with E-state index in [1.54, 1.807) is 0 Å².